The number of hydrogen-bond acceptors (Lipinski definition) is 12. The zero-order valence-electron chi connectivity index (χ0n) is 20.3. The fourth-order valence-corrected chi connectivity index (χ4v) is 7.63. The van der Waals surface area contributed by atoms with Crippen LogP contribution in [0.25, 0.3) is 0 Å². The molecule has 0 amide bonds. The second-order valence-electron chi connectivity index (χ2n) is 9.02. The van der Waals surface area contributed by atoms with Gasteiger partial charge in [-0.15, -0.1) is 0 Å². The summed E-state index contributed by atoms with van der Waals surface area (Å²) in [4.78, 5) is 0. The van der Waals surface area contributed by atoms with E-state index in [0.29, 0.717) is 25.7 Å². The molecule has 2 saturated carbocycles. The molecule has 1 aromatic carbocycles. The van der Waals surface area contributed by atoms with Crippen LogP contribution in [0.4, 0.5) is 0 Å². The Morgan fingerprint density at radius 1 is 0.889 bits per heavy atom. The van der Waals surface area contributed by atoms with Crippen LogP contribution in [-0.2, 0) is 46.0 Å². The SMILES string of the molecule is C[C@]12CC[C@@H]3c4ccc(OS(=O)(=O)[O-])cc4CC[C@H]3[C@@H]1C[C@@H](OS(=O)(=O)[O-])[C@@H]2OS(=O)(=O)[O-].[Na+].[Na+].[Na+]. The van der Waals surface area contributed by atoms with Crippen molar-refractivity contribution in [3.63, 3.8) is 0 Å². The molecule has 0 saturated heterocycles. The minimum absolute atomic E-state index is 0. The summed E-state index contributed by atoms with van der Waals surface area (Å²) in [6.45, 7) is 1.70. The van der Waals surface area contributed by atoms with E-state index in [9.17, 15) is 38.9 Å². The summed E-state index contributed by atoms with van der Waals surface area (Å²) in [6, 6.07) is 4.55. The third-order valence-electron chi connectivity index (χ3n) is 7.27. The van der Waals surface area contributed by atoms with Gasteiger partial charge in [-0.3, -0.25) is 8.37 Å². The van der Waals surface area contributed by atoms with Crippen molar-refractivity contribution in [1.29, 1.82) is 0 Å². The molecule has 0 heterocycles. The first-order valence-electron chi connectivity index (χ1n) is 10.1. The summed E-state index contributed by atoms with van der Waals surface area (Å²) in [5.74, 6) is -0.487. The van der Waals surface area contributed by atoms with Gasteiger partial charge in [0, 0.05) is 5.41 Å². The van der Waals surface area contributed by atoms with Crippen molar-refractivity contribution in [3.8, 4) is 5.75 Å². The van der Waals surface area contributed by atoms with Gasteiger partial charge < -0.3 is 17.8 Å². The van der Waals surface area contributed by atoms with E-state index in [4.69, 9.17) is 4.18 Å². The van der Waals surface area contributed by atoms with E-state index in [-0.39, 0.29) is 119 Å². The van der Waals surface area contributed by atoms with Crippen LogP contribution < -0.4 is 92.9 Å². The summed E-state index contributed by atoms with van der Waals surface area (Å²) in [5.41, 5.74) is 0.799. The molecular weight excluding hydrogens is 573 g/mol. The molecule has 3 aliphatic rings. The molecule has 18 heteroatoms. The van der Waals surface area contributed by atoms with Gasteiger partial charge in [0.25, 0.3) is 10.4 Å². The Bertz CT molecular complexity index is 1270. The molecule has 186 valence electrons. The van der Waals surface area contributed by atoms with Gasteiger partial charge in [0.05, 0.1) is 0 Å². The van der Waals surface area contributed by atoms with Crippen molar-refractivity contribution in [2.75, 3.05) is 0 Å². The summed E-state index contributed by atoms with van der Waals surface area (Å²) >= 11 is 0. The molecule has 2 fully saturated rings. The van der Waals surface area contributed by atoms with Crippen LogP contribution in [0.15, 0.2) is 18.2 Å². The van der Waals surface area contributed by atoms with Crippen LogP contribution in [0.3, 0.4) is 0 Å². The van der Waals surface area contributed by atoms with Crippen LogP contribution in [0, 0.1) is 17.3 Å². The third kappa shape index (κ3) is 8.12. The van der Waals surface area contributed by atoms with Crippen LogP contribution >= 0.6 is 0 Å². The Morgan fingerprint density at radius 3 is 2.06 bits per heavy atom. The summed E-state index contributed by atoms with van der Waals surface area (Å²) in [7, 11) is -15.3. The van der Waals surface area contributed by atoms with Gasteiger partial charge in [-0.25, -0.2) is 25.3 Å². The van der Waals surface area contributed by atoms with Gasteiger partial charge >= 0.3 is 88.7 Å². The maximum absolute atomic E-state index is 11.4. The van der Waals surface area contributed by atoms with E-state index in [1.165, 1.54) is 12.1 Å². The molecule has 12 nitrogen and oxygen atoms in total. The number of rotatable bonds is 6. The predicted octanol–water partition coefficient (Wildman–Crippen LogP) is -8.31. The summed E-state index contributed by atoms with van der Waals surface area (Å²) in [6.07, 6.45) is -0.831. The second-order valence-corrected chi connectivity index (χ2v) is 12.0. The smallest absolute Gasteiger partial charge is 0.726 e. The standard InChI is InChI=1S/C18H24O12S3.3Na/c1-18-7-6-13-12-5-3-11(28-31(19,20)21)8-10(12)2-4-14(13)15(18)9-16(29-32(22,23)24)17(18)30-33(25,26)27;;;/h3,5,8,13-17H,2,4,6-7,9H2,1H3,(H,19,20,21)(H,22,23,24)(H,25,26,27);;;/q;3*+1/p-3/t13-,14-,15+,16-,17+,18+;;;/m1.../s1. The molecule has 4 rings (SSSR count). The van der Waals surface area contributed by atoms with Crippen LogP contribution in [-0.4, -0.2) is 51.1 Å². The van der Waals surface area contributed by atoms with Gasteiger partial charge in [0.1, 0.15) is 18.0 Å². The van der Waals surface area contributed by atoms with Crippen molar-refractivity contribution in [1.82, 2.24) is 0 Å². The van der Waals surface area contributed by atoms with Gasteiger partial charge in [0.2, 0.25) is 20.8 Å². The topological polar surface area (TPSA) is 199 Å². The normalized spacial score (nSPS) is 31.4. The Balaban J connectivity index is 0.00000216. The second kappa shape index (κ2) is 12.7. The summed E-state index contributed by atoms with van der Waals surface area (Å²) in [5, 5.41) is 0. The minimum atomic E-state index is -5.20. The largest absolute Gasteiger partial charge is 1.00 e. The quantitative estimate of drug-likeness (QED) is 0.171. The molecule has 36 heavy (non-hydrogen) atoms. The Morgan fingerprint density at radius 2 is 1.50 bits per heavy atom. The van der Waals surface area contributed by atoms with E-state index >= 15 is 0 Å². The molecule has 1 aromatic rings. The maximum Gasteiger partial charge on any atom is 1.00 e. The molecule has 3 aliphatic carbocycles. The van der Waals surface area contributed by atoms with E-state index in [0.717, 1.165) is 11.1 Å². The van der Waals surface area contributed by atoms with Gasteiger partial charge in [0.15, 0.2) is 0 Å². The molecule has 0 aromatic heterocycles. The number of aryl methyl sites for hydroxylation is 1. The first kappa shape index (κ1) is 35.7. The minimum Gasteiger partial charge on any atom is -0.726 e. The van der Waals surface area contributed by atoms with Crippen molar-refractivity contribution < 1.29 is 140 Å². The van der Waals surface area contributed by atoms with Crippen molar-refractivity contribution in [3.05, 3.63) is 29.3 Å². The summed E-state index contributed by atoms with van der Waals surface area (Å²) < 4.78 is 114. The Hall–Kier alpha value is 1.67. The Kier molecular flexibility index (Phi) is 12.6. The van der Waals surface area contributed by atoms with Crippen LogP contribution in [0.2, 0.25) is 0 Å². The molecule has 0 radical (unpaired) electrons. The molecule has 6 atom stereocenters. The molecule has 0 spiro atoms. The zero-order chi connectivity index (χ0) is 24.4. The van der Waals surface area contributed by atoms with Crippen LogP contribution in [0.1, 0.15) is 49.7 Å². The van der Waals surface area contributed by atoms with Gasteiger partial charge in [-0.1, -0.05) is 13.0 Å². The first-order chi connectivity index (χ1) is 15.1. The first-order valence-corrected chi connectivity index (χ1v) is 14.1. The molecule has 0 unspecified atom stereocenters. The maximum atomic E-state index is 11.4. The van der Waals surface area contributed by atoms with Crippen molar-refractivity contribution in [2.24, 2.45) is 17.3 Å². The number of hydrogen-bond donors (Lipinski definition) is 0. The number of benzene rings is 1. The van der Waals surface area contributed by atoms with E-state index in [1.807, 2.05) is 0 Å². The monoisotopic (exact) mass is 594 g/mol. The molecule has 0 N–H and O–H groups in total. The average Bonchev–Trinajstić information content (AvgIpc) is 2.89. The fraction of sp³-hybridized carbons (Fsp3) is 0.667. The average molecular weight is 595 g/mol. The van der Waals surface area contributed by atoms with Crippen molar-refractivity contribution >= 4 is 31.2 Å². The van der Waals surface area contributed by atoms with E-state index < -0.39 is 48.8 Å². The van der Waals surface area contributed by atoms with Gasteiger partial charge in [-0.05, 0) is 73.1 Å². The third-order valence-corrected chi connectivity index (χ3v) is 8.59. The zero-order valence-corrected chi connectivity index (χ0v) is 28.7. The fourth-order valence-electron chi connectivity index (χ4n) is 6.21. The molecule has 0 bridgehead atoms. The van der Waals surface area contributed by atoms with E-state index in [1.54, 1.807) is 13.0 Å². The van der Waals surface area contributed by atoms with Gasteiger partial charge in [-0.2, -0.15) is 0 Å². The Labute approximate surface area is 277 Å². The van der Waals surface area contributed by atoms with E-state index in [2.05, 4.69) is 8.37 Å². The molecule has 0 aliphatic heterocycles. The molecular formula is C18H21Na3O12S3. The number of fused-ring (bicyclic) bond motifs is 5. The predicted molar refractivity (Wildman–Crippen MR) is 106 cm³/mol. The van der Waals surface area contributed by atoms with Crippen LogP contribution in [0.5, 0.6) is 5.75 Å². The van der Waals surface area contributed by atoms with Crippen molar-refractivity contribution in [2.45, 2.75) is 57.2 Å².